The van der Waals surface area contributed by atoms with Crippen molar-refractivity contribution in [3.63, 3.8) is 0 Å². The topological polar surface area (TPSA) is 60.8 Å². The predicted octanol–water partition coefficient (Wildman–Crippen LogP) is 4.16. The van der Waals surface area contributed by atoms with Gasteiger partial charge in [0.05, 0.1) is 12.8 Å². The second-order valence-corrected chi connectivity index (χ2v) is 6.37. The largest absolute Gasteiger partial charge is 0.497 e. The summed E-state index contributed by atoms with van der Waals surface area (Å²) < 4.78 is 10.4. The van der Waals surface area contributed by atoms with Gasteiger partial charge in [0.1, 0.15) is 10.8 Å². The smallest absolute Gasteiger partial charge is 0.363 e. The SMILES string of the molecule is COc1ccc(C2=N/C(=C/c3csc(-c4ccccc4)n3)C(=O)O2)cc1. The van der Waals surface area contributed by atoms with E-state index in [1.165, 1.54) is 11.3 Å². The van der Waals surface area contributed by atoms with Crippen molar-refractivity contribution in [2.24, 2.45) is 4.99 Å². The third-order valence-electron chi connectivity index (χ3n) is 3.78. The number of hydrogen-bond acceptors (Lipinski definition) is 6. The zero-order chi connectivity index (χ0) is 17.9. The molecule has 0 saturated carbocycles. The number of benzene rings is 2. The van der Waals surface area contributed by atoms with Crippen LogP contribution in [0.1, 0.15) is 11.3 Å². The minimum Gasteiger partial charge on any atom is -0.497 e. The molecule has 4 rings (SSSR count). The van der Waals surface area contributed by atoms with E-state index in [1.54, 1.807) is 37.5 Å². The van der Waals surface area contributed by atoms with Crippen LogP contribution in [0.15, 0.2) is 70.7 Å². The van der Waals surface area contributed by atoms with Crippen molar-refractivity contribution in [1.82, 2.24) is 4.98 Å². The summed E-state index contributed by atoms with van der Waals surface area (Å²) in [6.07, 6.45) is 1.64. The van der Waals surface area contributed by atoms with E-state index in [2.05, 4.69) is 9.98 Å². The fourth-order valence-electron chi connectivity index (χ4n) is 2.47. The summed E-state index contributed by atoms with van der Waals surface area (Å²) in [4.78, 5) is 21.0. The molecule has 0 unspecified atom stereocenters. The maximum Gasteiger partial charge on any atom is 0.363 e. The third-order valence-corrected chi connectivity index (χ3v) is 4.69. The molecule has 0 radical (unpaired) electrons. The summed E-state index contributed by atoms with van der Waals surface area (Å²) in [7, 11) is 1.60. The van der Waals surface area contributed by atoms with Crippen LogP contribution in [-0.2, 0) is 9.53 Å². The van der Waals surface area contributed by atoms with E-state index in [-0.39, 0.29) is 11.6 Å². The quantitative estimate of drug-likeness (QED) is 0.516. The third kappa shape index (κ3) is 3.27. The van der Waals surface area contributed by atoms with Gasteiger partial charge in [-0.25, -0.2) is 14.8 Å². The minimum atomic E-state index is -0.481. The molecule has 6 heteroatoms. The number of nitrogens with zero attached hydrogens (tertiary/aromatic N) is 2. The van der Waals surface area contributed by atoms with Gasteiger partial charge in [-0.3, -0.25) is 0 Å². The van der Waals surface area contributed by atoms with Crippen molar-refractivity contribution >= 4 is 29.3 Å². The Bertz CT molecular complexity index is 1010. The molecule has 0 bridgehead atoms. The van der Waals surface area contributed by atoms with Crippen molar-refractivity contribution < 1.29 is 14.3 Å². The first kappa shape index (κ1) is 16.2. The molecule has 0 fully saturated rings. The van der Waals surface area contributed by atoms with Crippen molar-refractivity contribution in [3.8, 4) is 16.3 Å². The van der Waals surface area contributed by atoms with E-state index in [9.17, 15) is 4.79 Å². The van der Waals surface area contributed by atoms with Gasteiger partial charge in [0.25, 0.3) is 0 Å². The maximum absolute atomic E-state index is 12.1. The van der Waals surface area contributed by atoms with Crippen LogP contribution < -0.4 is 4.74 Å². The normalized spacial score (nSPS) is 15.0. The number of aliphatic imine (C=N–C) groups is 1. The minimum absolute atomic E-state index is 0.237. The highest BCUT2D eigenvalue weighted by Gasteiger charge is 2.24. The van der Waals surface area contributed by atoms with Crippen molar-refractivity contribution in [3.05, 3.63) is 76.9 Å². The standard InChI is InChI=1S/C20H14N2O3S/c1-24-16-9-7-13(8-10-16)18-22-17(20(23)25-18)11-15-12-26-19(21-15)14-5-3-2-4-6-14/h2-12H,1H3/b17-11+. The number of cyclic esters (lactones) is 1. The summed E-state index contributed by atoms with van der Waals surface area (Å²) in [6.45, 7) is 0. The van der Waals surface area contributed by atoms with E-state index in [4.69, 9.17) is 9.47 Å². The number of rotatable bonds is 4. The number of aromatic nitrogens is 1. The van der Waals surface area contributed by atoms with Crippen LogP contribution in [0.25, 0.3) is 16.6 Å². The fraction of sp³-hybridized carbons (Fsp3) is 0.0500. The molecule has 1 aliphatic heterocycles. The van der Waals surface area contributed by atoms with Crippen molar-refractivity contribution in [2.45, 2.75) is 0 Å². The summed E-state index contributed by atoms with van der Waals surface area (Å²) in [5.74, 6) is 0.526. The molecule has 0 spiro atoms. The molecule has 5 nitrogen and oxygen atoms in total. The molecule has 1 aromatic heterocycles. The van der Waals surface area contributed by atoms with E-state index < -0.39 is 5.97 Å². The van der Waals surface area contributed by atoms with Crippen molar-refractivity contribution in [1.29, 1.82) is 0 Å². The number of esters is 1. The van der Waals surface area contributed by atoms with Crippen LogP contribution in [0.3, 0.4) is 0 Å². The Balaban J connectivity index is 1.60. The Hall–Kier alpha value is -3.25. The maximum atomic E-state index is 12.1. The molecule has 1 aliphatic rings. The molecule has 0 amide bonds. The summed E-state index contributed by atoms with van der Waals surface area (Å²) in [6, 6.07) is 17.1. The Morgan fingerprint density at radius 3 is 2.54 bits per heavy atom. The number of methoxy groups -OCH3 is 1. The molecule has 0 N–H and O–H groups in total. The highest BCUT2D eigenvalue weighted by Crippen LogP contribution is 2.26. The first-order chi connectivity index (χ1) is 12.7. The fourth-order valence-corrected chi connectivity index (χ4v) is 3.26. The van der Waals surface area contributed by atoms with Crippen LogP contribution in [0.5, 0.6) is 5.75 Å². The van der Waals surface area contributed by atoms with E-state index >= 15 is 0 Å². The number of carbonyl (C=O) groups excluding carboxylic acids is 1. The zero-order valence-electron chi connectivity index (χ0n) is 13.9. The average molecular weight is 362 g/mol. The Kier molecular flexibility index (Phi) is 4.33. The second kappa shape index (κ2) is 6.93. The number of ether oxygens (including phenoxy) is 2. The van der Waals surface area contributed by atoms with Gasteiger partial charge < -0.3 is 9.47 Å². The molecule has 0 atom stereocenters. The molecule has 128 valence electrons. The zero-order valence-corrected chi connectivity index (χ0v) is 14.7. The summed E-state index contributed by atoms with van der Waals surface area (Å²) >= 11 is 1.52. The molecule has 2 aromatic carbocycles. The predicted molar refractivity (Wildman–Crippen MR) is 101 cm³/mol. The number of carbonyl (C=O) groups is 1. The van der Waals surface area contributed by atoms with Gasteiger partial charge in [0.15, 0.2) is 5.70 Å². The van der Waals surface area contributed by atoms with Gasteiger partial charge in [-0.15, -0.1) is 11.3 Å². The molecule has 0 saturated heterocycles. The van der Waals surface area contributed by atoms with Crippen LogP contribution >= 0.6 is 11.3 Å². The van der Waals surface area contributed by atoms with E-state index in [1.807, 2.05) is 35.7 Å². The van der Waals surface area contributed by atoms with Gasteiger partial charge >= 0.3 is 5.97 Å². The van der Waals surface area contributed by atoms with Crippen LogP contribution in [0.2, 0.25) is 0 Å². The lowest BCUT2D eigenvalue weighted by Gasteiger charge is -2.01. The lowest BCUT2D eigenvalue weighted by molar-refractivity contribution is -0.129. The van der Waals surface area contributed by atoms with Crippen LogP contribution in [-0.4, -0.2) is 24.0 Å². The Labute approximate surface area is 154 Å². The summed E-state index contributed by atoms with van der Waals surface area (Å²) in [5, 5.41) is 2.78. The molecule has 26 heavy (non-hydrogen) atoms. The highest BCUT2D eigenvalue weighted by atomic mass is 32.1. The Morgan fingerprint density at radius 1 is 1.04 bits per heavy atom. The monoisotopic (exact) mass is 362 g/mol. The van der Waals surface area contributed by atoms with Crippen LogP contribution in [0, 0.1) is 0 Å². The van der Waals surface area contributed by atoms with Gasteiger partial charge in [-0.1, -0.05) is 30.3 Å². The molecule has 0 aliphatic carbocycles. The van der Waals surface area contributed by atoms with Gasteiger partial charge in [0, 0.05) is 16.5 Å². The molecule has 3 aromatic rings. The lowest BCUT2D eigenvalue weighted by atomic mass is 10.2. The van der Waals surface area contributed by atoms with Crippen LogP contribution in [0.4, 0.5) is 0 Å². The van der Waals surface area contributed by atoms with Crippen molar-refractivity contribution in [2.75, 3.05) is 7.11 Å². The number of hydrogen-bond donors (Lipinski definition) is 0. The van der Waals surface area contributed by atoms with Gasteiger partial charge in [-0.05, 0) is 30.3 Å². The molecule has 2 heterocycles. The highest BCUT2D eigenvalue weighted by molar-refractivity contribution is 7.13. The number of thiazole rings is 1. The summed E-state index contributed by atoms with van der Waals surface area (Å²) in [5.41, 5.74) is 2.67. The Morgan fingerprint density at radius 2 is 1.81 bits per heavy atom. The molecular weight excluding hydrogens is 348 g/mol. The van der Waals surface area contributed by atoms with Gasteiger partial charge in [-0.2, -0.15) is 0 Å². The van der Waals surface area contributed by atoms with E-state index in [0.717, 1.165) is 16.3 Å². The van der Waals surface area contributed by atoms with E-state index in [0.29, 0.717) is 11.3 Å². The first-order valence-electron chi connectivity index (χ1n) is 7.91. The second-order valence-electron chi connectivity index (χ2n) is 5.51. The first-order valence-corrected chi connectivity index (χ1v) is 8.79. The van der Waals surface area contributed by atoms with Gasteiger partial charge in [0.2, 0.25) is 5.90 Å². The lowest BCUT2D eigenvalue weighted by Crippen LogP contribution is -2.05. The molecular formula is C20H14N2O3S. The average Bonchev–Trinajstić information content (AvgIpc) is 3.30.